The maximum atomic E-state index is 5.71. The molecule has 0 radical (unpaired) electrons. The quantitative estimate of drug-likeness (QED) is 0.672. The van der Waals surface area contributed by atoms with Crippen molar-refractivity contribution in [1.82, 2.24) is 9.97 Å². The second-order valence-corrected chi connectivity index (χ2v) is 2.69. The summed E-state index contributed by atoms with van der Waals surface area (Å²) in [5.74, 6) is 0.570. The van der Waals surface area contributed by atoms with Gasteiger partial charge in [0.1, 0.15) is 6.33 Å². The zero-order valence-corrected chi connectivity index (χ0v) is 7.75. The summed E-state index contributed by atoms with van der Waals surface area (Å²) in [4.78, 5) is 7.90. The Labute approximate surface area is 77.3 Å². The summed E-state index contributed by atoms with van der Waals surface area (Å²) in [5, 5.41) is 0. The lowest BCUT2D eigenvalue weighted by atomic mass is 10.2. The first-order chi connectivity index (χ1) is 5.86. The van der Waals surface area contributed by atoms with Crippen LogP contribution in [0.5, 0.6) is 0 Å². The van der Waals surface area contributed by atoms with Gasteiger partial charge in [-0.05, 0) is 18.6 Å². The van der Waals surface area contributed by atoms with Gasteiger partial charge in [0.25, 0.3) is 0 Å². The van der Waals surface area contributed by atoms with Crippen molar-refractivity contribution in [3.63, 3.8) is 0 Å². The molecule has 12 heavy (non-hydrogen) atoms. The molecule has 0 fully saturated rings. The highest BCUT2D eigenvalue weighted by atomic mass is 35.5. The number of allylic oxidation sites excluding steroid dienone is 1. The molecule has 3 heteroatoms. The van der Waals surface area contributed by atoms with Gasteiger partial charge in [-0.1, -0.05) is 12.5 Å². The summed E-state index contributed by atoms with van der Waals surface area (Å²) in [7, 11) is 0. The lowest BCUT2D eigenvalue weighted by Gasteiger charge is -1.97. The van der Waals surface area contributed by atoms with Crippen LogP contribution in [-0.2, 0) is 0 Å². The van der Waals surface area contributed by atoms with Gasteiger partial charge >= 0.3 is 0 Å². The number of halogens is 1. The van der Waals surface area contributed by atoms with Crippen molar-refractivity contribution < 1.29 is 0 Å². The van der Waals surface area contributed by atoms with Crippen molar-refractivity contribution in [3.05, 3.63) is 29.9 Å². The number of nitrogens with zero attached hydrogens (tertiary/aromatic N) is 2. The second kappa shape index (κ2) is 4.88. The zero-order chi connectivity index (χ0) is 8.81. The van der Waals surface area contributed by atoms with Crippen LogP contribution in [-0.4, -0.2) is 15.8 Å². The lowest BCUT2D eigenvalue weighted by molar-refractivity contribution is 1.10. The van der Waals surface area contributed by atoms with Gasteiger partial charge in [0.2, 0.25) is 0 Å². The van der Waals surface area contributed by atoms with Crippen LogP contribution in [0.3, 0.4) is 0 Å². The number of hydrogen-bond donors (Lipinski definition) is 0. The zero-order valence-electron chi connectivity index (χ0n) is 7.00. The molecule has 0 aliphatic rings. The monoisotopic (exact) mass is 182 g/mol. The highest BCUT2D eigenvalue weighted by molar-refractivity contribution is 6.19. The first kappa shape index (κ1) is 9.20. The Kier molecular flexibility index (Phi) is 3.74. The van der Waals surface area contributed by atoms with E-state index in [-0.39, 0.29) is 0 Å². The summed E-state index contributed by atoms with van der Waals surface area (Å²) < 4.78 is 0. The molecule has 0 N–H and O–H groups in total. The van der Waals surface area contributed by atoms with Gasteiger partial charge in [-0.2, -0.15) is 0 Å². The average molecular weight is 183 g/mol. The molecule has 0 aromatic carbocycles. The molecule has 64 valence electrons. The van der Waals surface area contributed by atoms with E-state index in [9.17, 15) is 0 Å². The largest absolute Gasteiger partial charge is 0.245 e. The molecule has 0 aliphatic carbocycles. The van der Waals surface area contributed by atoms with E-state index in [4.69, 9.17) is 11.6 Å². The van der Waals surface area contributed by atoms with E-state index in [0.717, 1.165) is 12.1 Å². The second-order valence-electron chi connectivity index (χ2n) is 2.42. The minimum Gasteiger partial charge on any atom is -0.245 e. The van der Waals surface area contributed by atoms with Crippen LogP contribution in [0.2, 0.25) is 0 Å². The fraction of sp³-hybridized carbons (Fsp3) is 0.333. The van der Waals surface area contributed by atoms with E-state index in [1.54, 1.807) is 6.20 Å². The predicted molar refractivity (Wildman–Crippen MR) is 51.0 cm³/mol. The standard InChI is InChI=1S/C9H11ClN2/c1-2-8(6-10)5-9-3-4-11-7-12-9/h3-5,7H,2,6H2,1H3. The molecular formula is C9H11ClN2. The van der Waals surface area contributed by atoms with E-state index < -0.39 is 0 Å². The van der Waals surface area contributed by atoms with E-state index in [0.29, 0.717) is 5.88 Å². The van der Waals surface area contributed by atoms with Gasteiger partial charge in [-0.15, -0.1) is 11.6 Å². The van der Waals surface area contributed by atoms with Gasteiger partial charge in [0.15, 0.2) is 0 Å². The maximum absolute atomic E-state index is 5.71. The summed E-state index contributed by atoms with van der Waals surface area (Å²) in [6.07, 6.45) is 6.22. The first-order valence-electron chi connectivity index (χ1n) is 3.88. The van der Waals surface area contributed by atoms with Crippen LogP contribution in [0.15, 0.2) is 24.2 Å². The van der Waals surface area contributed by atoms with Crippen molar-refractivity contribution in [2.24, 2.45) is 0 Å². The molecule has 0 aliphatic heterocycles. The summed E-state index contributed by atoms with van der Waals surface area (Å²) >= 11 is 5.71. The Bertz CT molecular complexity index is 250. The number of rotatable bonds is 3. The molecule has 0 saturated carbocycles. The molecule has 1 aromatic rings. The van der Waals surface area contributed by atoms with Crippen molar-refractivity contribution >= 4 is 17.7 Å². The molecule has 0 amide bonds. The highest BCUT2D eigenvalue weighted by Gasteiger charge is 1.92. The van der Waals surface area contributed by atoms with Crippen LogP contribution in [0.25, 0.3) is 6.08 Å². The molecule has 1 aromatic heterocycles. The first-order valence-corrected chi connectivity index (χ1v) is 4.41. The van der Waals surface area contributed by atoms with E-state index in [1.807, 2.05) is 12.1 Å². The van der Waals surface area contributed by atoms with Crippen LogP contribution in [0.1, 0.15) is 19.0 Å². The Morgan fingerprint density at radius 1 is 1.67 bits per heavy atom. The number of aromatic nitrogens is 2. The van der Waals surface area contributed by atoms with Gasteiger partial charge in [0, 0.05) is 12.1 Å². The molecule has 1 rings (SSSR count). The van der Waals surface area contributed by atoms with Crippen molar-refractivity contribution in [1.29, 1.82) is 0 Å². The van der Waals surface area contributed by atoms with Gasteiger partial charge in [-0.25, -0.2) is 9.97 Å². The number of alkyl halides is 1. The minimum absolute atomic E-state index is 0.570. The van der Waals surface area contributed by atoms with Gasteiger partial charge < -0.3 is 0 Å². The summed E-state index contributed by atoms with van der Waals surface area (Å²) in [6.45, 7) is 2.08. The molecule has 0 bridgehead atoms. The molecule has 1 heterocycles. The Balaban J connectivity index is 2.79. The summed E-state index contributed by atoms with van der Waals surface area (Å²) in [5.41, 5.74) is 2.11. The van der Waals surface area contributed by atoms with Crippen molar-refractivity contribution in [2.45, 2.75) is 13.3 Å². The summed E-state index contributed by atoms with van der Waals surface area (Å²) in [6, 6.07) is 1.86. The molecular weight excluding hydrogens is 172 g/mol. The Morgan fingerprint density at radius 3 is 3.00 bits per heavy atom. The van der Waals surface area contributed by atoms with Crippen LogP contribution >= 0.6 is 11.6 Å². The van der Waals surface area contributed by atoms with Crippen LogP contribution in [0.4, 0.5) is 0 Å². The fourth-order valence-electron chi connectivity index (χ4n) is 0.831. The lowest BCUT2D eigenvalue weighted by Crippen LogP contribution is -1.85. The predicted octanol–water partition coefficient (Wildman–Crippen LogP) is 2.51. The van der Waals surface area contributed by atoms with Gasteiger partial charge in [0.05, 0.1) is 5.69 Å². The molecule has 2 nitrogen and oxygen atoms in total. The molecule has 0 unspecified atom stereocenters. The Morgan fingerprint density at radius 2 is 2.50 bits per heavy atom. The third-order valence-electron chi connectivity index (χ3n) is 1.58. The molecule has 0 saturated heterocycles. The smallest absolute Gasteiger partial charge is 0.115 e. The van der Waals surface area contributed by atoms with Crippen molar-refractivity contribution in [3.8, 4) is 0 Å². The third kappa shape index (κ3) is 2.62. The Hall–Kier alpha value is -0.890. The fourth-order valence-corrected chi connectivity index (χ4v) is 1.10. The minimum atomic E-state index is 0.570. The van der Waals surface area contributed by atoms with Crippen molar-refractivity contribution in [2.75, 3.05) is 5.88 Å². The molecule has 0 atom stereocenters. The number of hydrogen-bond acceptors (Lipinski definition) is 2. The third-order valence-corrected chi connectivity index (χ3v) is 1.93. The topological polar surface area (TPSA) is 25.8 Å². The highest BCUT2D eigenvalue weighted by Crippen LogP contribution is 2.07. The van der Waals surface area contributed by atoms with E-state index in [2.05, 4.69) is 16.9 Å². The van der Waals surface area contributed by atoms with E-state index >= 15 is 0 Å². The molecule has 0 spiro atoms. The van der Waals surface area contributed by atoms with Gasteiger partial charge in [-0.3, -0.25) is 0 Å². The van der Waals surface area contributed by atoms with E-state index in [1.165, 1.54) is 11.9 Å². The average Bonchev–Trinajstić information content (AvgIpc) is 2.16. The maximum Gasteiger partial charge on any atom is 0.115 e. The van der Waals surface area contributed by atoms with Crippen LogP contribution < -0.4 is 0 Å². The SMILES string of the molecule is CCC(=Cc1ccncn1)CCl. The van der Waals surface area contributed by atoms with Crippen LogP contribution in [0, 0.1) is 0 Å². The normalized spacial score (nSPS) is 11.7.